The number of anilines is 1. The first-order valence-electron chi connectivity index (χ1n) is 11.3. The molecule has 1 saturated heterocycles. The summed E-state index contributed by atoms with van der Waals surface area (Å²) >= 11 is 2.49. The molecular weight excluding hydrogens is 505 g/mol. The van der Waals surface area contributed by atoms with E-state index in [0.717, 1.165) is 35.5 Å². The first-order valence-corrected chi connectivity index (χ1v) is 12.3. The number of fused-ring (bicyclic) bond motifs is 3. The third-order valence-electron chi connectivity index (χ3n) is 6.71. The van der Waals surface area contributed by atoms with Crippen LogP contribution in [0.1, 0.15) is 29.5 Å². The Bertz CT molecular complexity index is 1320. The molecule has 158 valence electrons. The molecule has 2 aliphatic heterocycles. The fraction of sp³-hybridized carbons (Fsp3) is 0.172. The molecule has 4 aromatic rings. The number of rotatable bonds is 3. The van der Waals surface area contributed by atoms with Gasteiger partial charge in [0.2, 0.25) is 0 Å². The first kappa shape index (κ1) is 19.9. The highest BCUT2D eigenvalue weighted by molar-refractivity contribution is 14.1. The van der Waals surface area contributed by atoms with E-state index in [1.165, 1.54) is 32.9 Å². The van der Waals surface area contributed by atoms with Crippen molar-refractivity contribution in [2.45, 2.75) is 18.4 Å². The molecule has 0 spiro atoms. The second-order valence-corrected chi connectivity index (χ2v) is 9.76. The van der Waals surface area contributed by atoms with Crippen LogP contribution < -0.4 is 9.64 Å². The van der Waals surface area contributed by atoms with E-state index in [-0.39, 0.29) is 0 Å². The molecule has 3 heteroatoms. The summed E-state index contributed by atoms with van der Waals surface area (Å²) in [7, 11) is 0. The second-order valence-electron chi connectivity index (χ2n) is 8.60. The average Bonchev–Trinajstić information content (AvgIpc) is 3.39. The highest BCUT2D eigenvalue weighted by Crippen LogP contribution is 2.45. The van der Waals surface area contributed by atoms with Gasteiger partial charge in [0, 0.05) is 33.4 Å². The lowest BCUT2D eigenvalue weighted by atomic mass is 9.83. The summed E-state index contributed by atoms with van der Waals surface area (Å²) in [5.74, 6) is 0.925. The minimum atomic E-state index is -0.653. The Hall–Kier alpha value is -2.79. The normalized spacial score (nSPS) is 19.7. The highest BCUT2D eigenvalue weighted by atomic mass is 127. The molecule has 6 rings (SSSR count). The number of halogens is 1. The molecule has 32 heavy (non-hydrogen) atoms. The quantitative estimate of drug-likeness (QED) is 0.257. The van der Waals surface area contributed by atoms with Crippen molar-refractivity contribution in [2.75, 3.05) is 18.0 Å². The molecule has 2 aliphatic rings. The van der Waals surface area contributed by atoms with Crippen molar-refractivity contribution in [3.63, 3.8) is 0 Å². The second kappa shape index (κ2) is 7.96. The smallest absolute Gasteiger partial charge is 0.178 e. The number of hydrogen-bond acceptors (Lipinski definition) is 2. The van der Waals surface area contributed by atoms with E-state index >= 15 is 0 Å². The van der Waals surface area contributed by atoms with Crippen LogP contribution >= 0.6 is 22.6 Å². The third-order valence-corrected chi connectivity index (χ3v) is 7.58. The van der Waals surface area contributed by atoms with Gasteiger partial charge in [0.15, 0.2) is 5.60 Å². The summed E-state index contributed by atoms with van der Waals surface area (Å²) in [5.41, 5.74) is 4.13. The maximum absolute atomic E-state index is 6.92. The summed E-state index contributed by atoms with van der Waals surface area (Å²) in [6.07, 6.45) is 7.04. The van der Waals surface area contributed by atoms with Crippen LogP contribution in [0.5, 0.6) is 5.75 Å². The Balaban J connectivity index is 1.51. The van der Waals surface area contributed by atoms with Crippen molar-refractivity contribution in [2.24, 2.45) is 0 Å². The average molecular weight is 529 g/mol. The predicted octanol–water partition coefficient (Wildman–Crippen LogP) is 7.39. The Morgan fingerprint density at radius 3 is 2.38 bits per heavy atom. The van der Waals surface area contributed by atoms with E-state index in [4.69, 9.17) is 4.74 Å². The molecule has 2 nitrogen and oxygen atoms in total. The van der Waals surface area contributed by atoms with Crippen LogP contribution in [-0.4, -0.2) is 13.1 Å². The molecule has 2 heterocycles. The fourth-order valence-corrected chi connectivity index (χ4v) is 5.92. The van der Waals surface area contributed by atoms with E-state index < -0.39 is 5.60 Å². The largest absolute Gasteiger partial charge is 0.473 e. The number of hydrogen-bond donors (Lipinski definition) is 0. The Morgan fingerprint density at radius 1 is 0.781 bits per heavy atom. The summed E-state index contributed by atoms with van der Waals surface area (Å²) in [6, 6.07) is 30.2. The maximum Gasteiger partial charge on any atom is 0.178 e. The van der Waals surface area contributed by atoms with Gasteiger partial charge >= 0.3 is 0 Å². The van der Waals surface area contributed by atoms with Gasteiger partial charge in [0.1, 0.15) is 5.75 Å². The van der Waals surface area contributed by atoms with Gasteiger partial charge in [0.25, 0.3) is 0 Å². The SMILES string of the molecule is Ic1cc(C2(c3ccccc3)C=Cc3c(ccc4ccccc34)O2)ccc1N1CCCC1. The molecule has 1 unspecified atom stereocenters. The van der Waals surface area contributed by atoms with Crippen LogP contribution in [0.25, 0.3) is 16.8 Å². The molecule has 0 bridgehead atoms. The molecule has 0 saturated carbocycles. The zero-order valence-corrected chi connectivity index (χ0v) is 20.0. The highest BCUT2D eigenvalue weighted by Gasteiger charge is 2.37. The van der Waals surface area contributed by atoms with Crippen LogP contribution in [-0.2, 0) is 5.60 Å². The molecule has 0 aromatic heterocycles. The summed E-state index contributed by atoms with van der Waals surface area (Å²) < 4.78 is 8.19. The summed E-state index contributed by atoms with van der Waals surface area (Å²) in [5, 5.41) is 2.46. The van der Waals surface area contributed by atoms with Crippen LogP contribution in [0, 0.1) is 3.57 Å². The third kappa shape index (κ3) is 3.22. The van der Waals surface area contributed by atoms with E-state index in [0.29, 0.717) is 0 Å². The van der Waals surface area contributed by atoms with Gasteiger partial charge < -0.3 is 9.64 Å². The van der Waals surface area contributed by atoms with Crippen molar-refractivity contribution < 1.29 is 4.74 Å². The lowest BCUT2D eigenvalue weighted by molar-refractivity contribution is 0.161. The van der Waals surface area contributed by atoms with Crippen molar-refractivity contribution in [3.05, 3.63) is 111 Å². The van der Waals surface area contributed by atoms with E-state index in [9.17, 15) is 0 Å². The van der Waals surface area contributed by atoms with Crippen molar-refractivity contribution in [1.29, 1.82) is 0 Å². The number of ether oxygens (including phenoxy) is 1. The van der Waals surface area contributed by atoms with Gasteiger partial charge in [-0.1, -0.05) is 66.7 Å². The molecular formula is C29H24INO. The van der Waals surface area contributed by atoms with Gasteiger partial charge in [-0.25, -0.2) is 0 Å². The lowest BCUT2D eigenvalue weighted by Gasteiger charge is -2.37. The minimum absolute atomic E-state index is 0.653. The van der Waals surface area contributed by atoms with Gasteiger partial charge in [-0.05, 0) is 76.6 Å². The first-order chi connectivity index (χ1) is 15.7. The summed E-state index contributed by atoms with van der Waals surface area (Å²) in [4.78, 5) is 2.50. The lowest BCUT2D eigenvalue weighted by Crippen LogP contribution is -2.34. The summed E-state index contributed by atoms with van der Waals surface area (Å²) in [6.45, 7) is 2.30. The van der Waals surface area contributed by atoms with Gasteiger partial charge in [-0.2, -0.15) is 0 Å². The predicted molar refractivity (Wildman–Crippen MR) is 141 cm³/mol. The van der Waals surface area contributed by atoms with Crippen LogP contribution in [0.3, 0.4) is 0 Å². The van der Waals surface area contributed by atoms with Crippen LogP contribution in [0.2, 0.25) is 0 Å². The van der Waals surface area contributed by atoms with Gasteiger partial charge in [-0.15, -0.1) is 0 Å². The Kier molecular flexibility index (Phi) is 4.94. The molecule has 0 radical (unpaired) electrons. The fourth-order valence-electron chi connectivity index (χ4n) is 5.06. The van der Waals surface area contributed by atoms with E-state index in [2.05, 4.69) is 125 Å². The van der Waals surface area contributed by atoms with Crippen LogP contribution in [0.4, 0.5) is 5.69 Å². The van der Waals surface area contributed by atoms with Crippen LogP contribution in [0.15, 0.2) is 91.0 Å². The maximum atomic E-state index is 6.92. The zero-order valence-electron chi connectivity index (χ0n) is 17.8. The zero-order chi connectivity index (χ0) is 21.5. The van der Waals surface area contributed by atoms with Crippen molar-refractivity contribution in [3.8, 4) is 5.75 Å². The standard InChI is InChI=1S/C29H24INO/c30-26-20-23(13-14-27(26)31-18-6-7-19-31)29(22-9-2-1-3-10-22)17-16-25-24-11-5-4-8-21(24)12-15-28(25)32-29/h1-5,8-17,20H,6-7,18-19H2. The van der Waals surface area contributed by atoms with Gasteiger partial charge in [0.05, 0.1) is 5.69 Å². The monoisotopic (exact) mass is 529 g/mol. The number of benzene rings is 4. The molecule has 1 atom stereocenters. The molecule has 0 aliphatic carbocycles. The topological polar surface area (TPSA) is 12.5 Å². The molecule has 0 N–H and O–H groups in total. The van der Waals surface area contributed by atoms with Crippen molar-refractivity contribution in [1.82, 2.24) is 0 Å². The number of nitrogens with zero attached hydrogens (tertiary/aromatic N) is 1. The Labute approximate surface area is 202 Å². The molecule has 4 aromatic carbocycles. The van der Waals surface area contributed by atoms with Crippen molar-refractivity contribution >= 4 is 45.1 Å². The Morgan fingerprint density at radius 2 is 1.56 bits per heavy atom. The molecule has 1 fully saturated rings. The molecule has 0 amide bonds. The minimum Gasteiger partial charge on any atom is -0.473 e. The van der Waals surface area contributed by atoms with E-state index in [1.54, 1.807) is 0 Å². The van der Waals surface area contributed by atoms with E-state index in [1.807, 2.05) is 0 Å². The van der Waals surface area contributed by atoms with Gasteiger partial charge in [-0.3, -0.25) is 0 Å².